The fourth-order valence-electron chi connectivity index (χ4n) is 2.24. The molecule has 6 nitrogen and oxygen atoms in total. The molecule has 0 saturated heterocycles. The zero-order valence-corrected chi connectivity index (χ0v) is 13.6. The molecule has 23 heavy (non-hydrogen) atoms. The Morgan fingerprint density at radius 1 is 1.39 bits per heavy atom. The van der Waals surface area contributed by atoms with Crippen molar-refractivity contribution in [2.24, 2.45) is 5.73 Å². The summed E-state index contributed by atoms with van der Waals surface area (Å²) in [7, 11) is 3.20. The van der Waals surface area contributed by atoms with Crippen LogP contribution >= 0.6 is 0 Å². The third kappa shape index (κ3) is 3.91. The molecule has 0 unspecified atom stereocenters. The molecule has 1 amide bonds. The number of nitrogens with zero attached hydrogens (tertiary/aromatic N) is 1. The van der Waals surface area contributed by atoms with Gasteiger partial charge in [0, 0.05) is 25.2 Å². The molecular formula is C17H21N3O3. The molecule has 0 aliphatic carbocycles. The van der Waals surface area contributed by atoms with E-state index in [1.165, 1.54) is 0 Å². The molecule has 1 heterocycles. The van der Waals surface area contributed by atoms with E-state index in [1.807, 2.05) is 31.2 Å². The lowest BCUT2D eigenvalue weighted by Gasteiger charge is -2.04. The normalized spacial score (nSPS) is 11.3. The van der Waals surface area contributed by atoms with Crippen LogP contribution in [0.25, 0.3) is 6.08 Å². The maximum Gasteiger partial charge on any atom is 0.256 e. The summed E-state index contributed by atoms with van der Waals surface area (Å²) in [6.07, 6.45) is 2.80. The number of carbonyl (C=O) groups is 1. The second-order valence-electron chi connectivity index (χ2n) is 5.05. The largest absolute Gasteiger partial charge is 0.497 e. The van der Waals surface area contributed by atoms with Gasteiger partial charge in [-0.05, 0) is 24.1 Å². The van der Waals surface area contributed by atoms with Crippen LogP contribution < -0.4 is 15.8 Å². The highest BCUT2D eigenvalue weighted by molar-refractivity contribution is 5.97. The van der Waals surface area contributed by atoms with E-state index >= 15 is 0 Å². The van der Waals surface area contributed by atoms with Crippen LogP contribution in [0.5, 0.6) is 5.75 Å². The molecular weight excluding hydrogens is 294 g/mol. The Balaban J connectivity index is 2.23. The topological polar surface area (TPSA) is 90.4 Å². The van der Waals surface area contributed by atoms with E-state index in [1.54, 1.807) is 20.2 Å². The molecule has 0 bridgehead atoms. The minimum absolute atomic E-state index is 0.230. The fourth-order valence-corrected chi connectivity index (χ4v) is 2.24. The maximum atomic E-state index is 12.0. The van der Waals surface area contributed by atoms with Crippen molar-refractivity contribution >= 4 is 12.0 Å². The zero-order valence-electron chi connectivity index (χ0n) is 13.6. The summed E-state index contributed by atoms with van der Waals surface area (Å²) in [6.45, 7) is 1.92. The Labute approximate surface area is 135 Å². The van der Waals surface area contributed by atoms with Gasteiger partial charge in [0.2, 0.25) is 0 Å². The van der Waals surface area contributed by atoms with Gasteiger partial charge in [0.15, 0.2) is 5.76 Å². The van der Waals surface area contributed by atoms with E-state index in [2.05, 4.69) is 10.5 Å². The van der Waals surface area contributed by atoms with Crippen LogP contribution in [0.1, 0.15) is 34.3 Å². The molecule has 0 saturated carbocycles. The van der Waals surface area contributed by atoms with Crippen molar-refractivity contribution in [1.29, 1.82) is 0 Å². The second kappa shape index (κ2) is 7.49. The molecule has 0 radical (unpaired) electrons. The van der Waals surface area contributed by atoms with Gasteiger partial charge < -0.3 is 20.3 Å². The number of hydrogen-bond acceptors (Lipinski definition) is 5. The molecule has 0 fully saturated rings. The standard InChI is InChI=1S/C17H21N3O3/c1-4-14-16(17(21)19-2)15(23-20-14)10-12(18)9-11-5-7-13(22-3)8-6-11/h5-8,10H,4,9,18H2,1-3H3,(H,19,21)/b12-10-. The minimum Gasteiger partial charge on any atom is -0.497 e. The summed E-state index contributed by atoms with van der Waals surface area (Å²) in [5.74, 6) is 0.944. The average molecular weight is 315 g/mol. The predicted octanol–water partition coefficient (Wildman–Crippen LogP) is 2.15. The lowest BCUT2D eigenvalue weighted by atomic mass is 10.1. The molecule has 0 aliphatic heterocycles. The van der Waals surface area contributed by atoms with E-state index in [-0.39, 0.29) is 5.91 Å². The smallest absolute Gasteiger partial charge is 0.256 e. The molecule has 122 valence electrons. The first kappa shape index (κ1) is 16.6. The number of hydrogen-bond donors (Lipinski definition) is 2. The Morgan fingerprint density at radius 3 is 2.65 bits per heavy atom. The molecule has 0 spiro atoms. The third-order valence-corrected chi connectivity index (χ3v) is 3.46. The number of allylic oxidation sites excluding steroid dienone is 1. The van der Waals surface area contributed by atoms with Crippen molar-refractivity contribution in [3.63, 3.8) is 0 Å². The van der Waals surface area contributed by atoms with Crippen molar-refractivity contribution in [3.05, 3.63) is 52.5 Å². The van der Waals surface area contributed by atoms with Gasteiger partial charge in [-0.2, -0.15) is 0 Å². The quantitative estimate of drug-likeness (QED) is 0.852. The lowest BCUT2D eigenvalue weighted by Crippen LogP contribution is -2.19. The van der Waals surface area contributed by atoms with Crippen LogP contribution in [-0.2, 0) is 12.8 Å². The number of aromatic nitrogens is 1. The van der Waals surface area contributed by atoms with Crippen LogP contribution in [0, 0.1) is 0 Å². The summed E-state index contributed by atoms with van der Waals surface area (Å²) in [5, 5.41) is 6.53. The van der Waals surface area contributed by atoms with Crippen molar-refractivity contribution in [2.45, 2.75) is 19.8 Å². The first-order valence-corrected chi connectivity index (χ1v) is 7.38. The van der Waals surface area contributed by atoms with Crippen LogP contribution in [0.4, 0.5) is 0 Å². The summed E-state index contributed by atoms with van der Waals surface area (Å²) in [5.41, 5.74) is 8.76. The summed E-state index contributed by atoms with van der Waals surface area (Å²) < 4.78 is 10.4. The van der Waals surface area contributed by atoms with Gasteiger partial charge in [0.25, 0.3) is 5.91 Å². The summed E-state index contributed by atoms with van der Waals surface area (Å²) in [4.78, 5) is 12.0. The van der Waals surface area contributed by atoms with Gasteiger partial charge in [0.1, 0.15) is 11.3 Å². The average Bonchev–Trinajstić information content (AvgIpc) is 2.97. The van der Waals surface area contributed by atoms with E-state index < -0.39 is 0 Å². The highest BCUT2D eigenvalue weighted by Gasteiger charge is 2.19. The molecule has 0 atom stereocenters. The number of rotatable bonds is 6. The monoisotopic (exact) mass is 315 g/mol. The number of amides is 1. The van der Waals surface area contributed by atoms with Crippen LogP contribution in [0.3, 0.4) is 0 Å². The first-order chi connectivity index (χ1) is 11.1. The van der Waals surface area contributed by atoms with Gasteiger partial charge in [-0.15, -0.1) is 0 Å². The van der Waals surface area contributed by atoms with Crippen molar-refractivity contribution in [2.75, 3.05) is 14.2 Å². The minimum atomic E-state index is -0.230. The Hall–Kier alpha value is -2.76. The van der Waals surface area contributed by atoms with Gasteiger partial charge >= 0.3 is 0 Å². The highest BCUT2D eigenvalue weighted by atomic mass is 16.5. The Bertz CT molecular complexity index is 702. The van der Waals surface area contributed by atoms with E-state index in [0.29, 0.717) is 35.6 Å². The summed E-state index contributed by atoms with van der Waals surface area (Å²) in [6, 6.07) is 7.64. The number of nitrogens with one attached hydrogen (secondary N) is 1. The second-order valence-corrected chi connectivity index (χ2v) is 5.05. The molecule has 2 rings (SSSR count). The van der Waals surface area contributed by atoms with Crippen LogP contribution in [0.15, 0.2) is 34.5 Å². The number of carbonyl (C=O) groups excluding carboxylic acids is 1. The Morgan fingerprint density at radius 2 is 2.09 bits per heavy atom. The SMILES string of the molecule is CCc1noc(/C=C(\N)Cc2ccc(OC)cc2)c1C(=O)NC. The summed E-state index contributed by atoms with van der Waals surface area (Å²) >= 11 is 0. The van der Waals surface area contributed by atoms with Crippen molar-refractivity contribution in [3.8, 4) is 5.75 Å². The Kier molecular flexibility index (Phi) is 5.41. The number of methoxy groups -OCH3 is 1. The van der Waals surface area contributed by atoms with Crippen molar-refractivity contribution in [1.82, 2.24) is 10.5 Å². The van der Waals surface area contributed by atoms with Gasteiger partial charge in [-0.25, -0.2) is 0 Å². The molecule has 0 aliphatic rings. The van der Waals surface area contributed by atoms with Gasteiger partial charge in [0.05, 0.1) is 12.8 Å². The fraction of sp³-hybridized carbons (Fsp3) is 0.294. The van der Waals surface area contributed by atoms with Gasteiger partial charge in [-0.3, -0.25) is 4.79 Å². The number of ether oxygens (including phenoxy) is 1. The van der Waals surface area contributed by atoms with Crippen molar-refractivity contribution < 1.29 is 14.1 Å². The molecule has 1 aromatic heterocycles. The first-order valence-electron chi connectivity index (χ1n) is 7.38. The maximum absolute atomic E-state index is 12.0. The van der Waals surface area contributed by atoms with Gasteiger partial charge in [-0.1, -0.05) is 24.2 Å². The number of aryl methyl sites for hydroxylation is 1. The van der Waals surface area contributed by atoms with Crippen LogP contribution in [0.2, 0.25) is 0 Å². The predicted molar refractivity (Wildman–Crippen MR) is 88.1 cm³/mol. The number of benzene rings is 1. The zero-order chi connectivity index (χ0) is 16.8. The molecule has 6 heteroatoms. The van der Waals surface area contributed by atoms with E-state index in [9.17, 15) is 4.79 Å². The molecule has 3 N–H and O–H groups in total. The lowest BCUT2D eigenvalue weighted by molar-refractivity contribution is 0.0961. The molecule has 1 aromatic carbocycles. The highest BCUT2D eigenvalue weighted by Crippen LogP contribution is 2.19. The molecule has 2 aromatic rings. The number of nitrogens with two attached hydrogens (primary N) is 1. The van der Waals surface area contributed by atoms with Crippen LogP contribution in [-0.4, -0.2) is 25.2 Å². The van der Waals surface area contributed by atoms with E-state index in [0.717, 1.165) is 11.3 Å². The van der Waals surface area contributed by atoms with E-state index in [4.69, 9.17) is 15.0 Å². The third-order valence-electron chi connectivity index (χ3n) is 3.46.